The smallest absolute Gasteiger partial charge is 0.129 e. The van der Waals surface area contributed by atoms with Crippen LogP contribution >= 0.6 is 39.1 Å². The molecular formula is C14H10BrCl2FO. The SMILES string of the molecule is COc1ccc(Cl)cc1C(Br)c1ccc(Cl)cc1F. The molecular weight excluding hydrogens is 354 g/mol. The van der Waals surface area contributed by atoms with Crippen molar-refractivity contribution in [3.05, 3.63) is 63.4 Å². The Balaban J connectivity index is 2.49. The summed E-state index contributed by atoms with van der Waals surface area (Å²) in [6.07, 6.45) is 0. The third-order valence-electron chi connectivity index (χ3n) is 2.70. The quantitative estimate of drug-likeness (QED) is 0.642. The fourth-order valence-corrected chi connectivity index (χ4v) is 2.85. The van der Waals surface area contributed by atoms with Crippen molar-refractivity contribution in [3.63, 3.8) is 0 Å². The first-order valence-electron chi connectivity index (χ1n) is 5.45. The highest BCUT2D eigenvalue weighted by Gasteiger charge is 2.19. The number of benzene rings is 2. The van der Waals surface area contributed by atoms with E-state index in [0.717, 1.165) is 5.56 Å². The number of halogens is 4. The van der Waals surface area contributed by atoms with Crippen molar-refractivity contribution in [2.45, 2.75) is 4.83 Å². The number of methoxy groups -OCH3 is 1. The van der Waals surface area contributed by atoms with E-state index in [1.54, 1.807) is 37.4 Å². The van der Waals surface area contributed by atoms with Gasteiger partial charge in [-0.2, -0.15) is 0 Å². The zero-order chi connectivity index (χ0) is 14.0. The lowest BCUT2D eigenvalue weighted by Gasteiger charge is -2.16. The largest absolute Gasteiger partial charge is 0.496 e. The van der Waals surface area contributed by atoms with Crippen LogP contribution in [0.25, 0.3) is 0 Å². The number of rotatable bonds is 3. The summed E-state index contributed by atoms with van der Waals surface area (Å²) in [5.74, 6) is 0.261. The zero-order valence-electron chi connectivity index (χ0n) is 9.96. The second-order valence-corrected chi connectivity index (χ2v) is 5.70. The minimum absolute atomic E-state index is 0.360. The second kappa shape index (κ2) is 6.12. The lowest BCUT2D eigenvalue weighted by atomic mass is 10.0. The van der Waals surface area contributed by atoms with Crippen molar-refractivity contribution in [3.8, 4) is 5.75 Å². The third kappa shape index (κ3) is 3.22. The van der Waals surface area contributed by atoms with E-state index >= 15 is 0 Å². The Labute approximate surface area is 129 Å². The van der Waals surface area contributed by atoms with Crippen molar-refractivity contribution >= 4 is 39.1 Å². The summed E-state index contributed by atoms with van der Waals surface area (Å²) in [7, 11) is 1.56. The van der Waals surface area contributed by atoms with Gasteiger partial charge in [0.25, 0.3) is 0 Å². The predicted octanol–water partition coefficient (Wildman–Crippen LogP) is 5.63. The van der Waals surface area contributed by atoms with Gasteiger partial charge in [-0.15, -0.1) is 0 Å². The molecule has 1 atom stereocenters. The van der Waals surface area contributed by atoms with Gasteiger partial charge in [0.05, 0.1) is 11.9 Å². The Kier molecular flexibility index (Phi) is 4.71. The first-order valence-corrected chi connectivity index (χ1v) is 7.12. The van der Waals surface area contributed by atoms with Crippen LogP contribution in [0, 0.1) is 5.82 Å². The summed E-state index contributed by atoms with van der Waals surface area (Å²) in [4.78, 5) is -0.363. The van der Waals surface area contributed by atoms with E-state index < -0.39 is 0 Å². The van der Waals surface area contributed by atoms with Gasteiger partial charge in [-0.3, -0.25) is 0 Å². The molecule has 0 fully saturated rings. The van der Waals surface area contributed by atoms with Gasteiger partial charge in [0.15, 0.2) is 0 Å². The van der Waals surface area contributed by atoms with Gasteiger partial charge in [-0.05, 0) is 30.3 Å². The zero-order valence-corrected chi connectivity index (χ0v) is 13.1. The molecule has 2 aromatic carbocycles. The van der Waals surface area contributed by atoms with E-state index in [1.165, 1.54) is 6.07 Å². The van der Waals surface area contributed by atoms with Crippen LogP contribution in [-0.2, 0) is 0 Å². The van der Waals surface area contributed by atoms with Gasteiger partial charge in [0, 0.05) is 21.2 Å². The molecule has 0 bridgehead atoms. The standard InChI is InChI=1S/C14H10BrCl2FO/c1-19-13-5-3-8(16)6-11(13)14(15)10-4-2-9(17)7-12(10)18/h2-7,14H,1H3. The van der Waals surface area contributed by atoms with Crippen LogP contribution < -0.4 is 4.74 Å². The fourth-order valence-electron chi connectivity index (χ4n) is 1.78. The normalized spacial score (nSPS) is 12.3. The van der Waals surface area contributed by atoms with E-state index in [0.29, 0.717) is 21.4 Å². The molecule has 0 N–H and O–H groups in total. The topological polar surface area (TPSA) is 9.23 Å². The Hall–Kier alpha value is -0.770. The molecule has 0 aromatic heterocycles. The van der Waals surface area contributed by atoms with E-state index in [9.17, 15) is 4.39 Å². The predicted molar refractivity (Wildman–Crippen MR) is 80.2 cm³/mol. The van der Waals surface area contributed by atoms with Gasteiger partial charge in [-0.1, -0.05) is 45.2 Å². The third-order valence-corrected chi connectivity index (χ3v) is 4.16. The molecule has 100 valence electrons. The van der Waals surface area contributed by atoms with Crippen molar-refractivity contribution in [1.82, 2.24) is 0 Å². The number of hydrogen-bond donors (Lipinski definition) is 0. The van der Waals surface area contributed by atoms with Crippen molar-refractivity contribution in [2.75, 3.05) is 7.11 Å². The van der Waals surface area contributed by atoms with E-state index in [-0.39, 0.29) is 10.6 Å². The van der Waals surface area contributed by atoms with E-state index in [1.807, 2.05) is 0 Å². The summed E-state index contributed by atoms with van der Waals surface area (Å²) in [6.45, 7) is 0. The lowest BCUT2D eigenvalue weighted by Crippen LogP contribution is -1.99. The van der Waals surface area contributed by atoms with Crippen LogP contribution in [0.1, 0.15) is 16.0 Å². The summed E-state index contributed by atoms with van der Waals surface area (Å²) in [5, 5.41) is 0.925. The Morgan fingerprint density at radius 2 is 1.68 bits per heavy atom. The highest BCUT2D eigenvalue weighted by molar-refractivity contribution is 9.09. The van der Waals surface area contributed by atoms with Gasteiger partial charge < -0.3 is 4.74 Å². The van der Waals surface area contributed by atoms with Crippen LogP contribution in [0.2, 0.25) is 10.0 Å². The molecule has 0 heterocycles. The van der Waals surface area contributed by atoms with Crippen LogP contribution in [0.15, 0.2) is 36.4 Å². The van der Waals surface area contributed by atoms with Crippen LogP contribution in [0.3, 0.4) is 0 Å². The maximum Gasteiger partial charge on any atom is 0.129 e. The average Bonchev–Trinajstić information content (AvgIpc) is 2.38. The lowest BCUT2D eigenvalue weighted by molar-refractivity contribution is 0.410. The molecule has 0 saturated carbocycles. The molecule has 19 heavy (non-hydrogen) atoms. The van der Waals surface area contributed by atoms with E-state index in [2.05, 4.69) is 15.9 Å². The van der Waals surface area contributed by atoms with Crippen molar-refractivity contribution in [1.29, 1.82) is 0 Å². The Morgan fingerprint density at radius 1 is 1.05 bits per heavy atom. The Bertz CT molecular complexity index is 604. The summed E-state index contributed by atoms with van der Waals surface area (Å²) in [6, 6.07) is 9.78. The molecule has 1 unspecified atom stereocenters. The van der Waals surface area contributed by atoms with Crippen LogP contribution in [0.4, 0.5) is 4.39 Å². The van der Waals surface area contributed by atoms with Crippen molar-refractivity contribution in [2.24, 2.45) is 0 Å². The summed E-state index contributed by atoms with van der Waals surface area (Å²) in [5.41, 5.74) is 1.24. The number of ether oxygens (including phenoxy) is 1. The average molecular weight is 364 g/mol. The molecule has 0 radical (unpaired) electrons. The highest BCUT2D eigenvalue weighted by atomic mass is 79.9. The maximum atomic E-state index is 13.9. The molecule has 0 aliphatic heterocycles. The van der Waals surface area contributed by atoms with Crippen LogP contribution in [0.5, 0.6) is 5.75 Å². The monoisotopic (exact) mass is 362 g/mol. The molecule has 2 rings (SSSR count). The maximum absolute atomic E-state index is 13.9. The molecule has 5 heteroatoms. The summed E-state index contributed by atoms with van der Waals surface area (Å²) >= 11 is 15.2. The second-order valence-electron chi connectivity index (χ2n) is 3.91. The van der Waals surface area contributed by atoms with Gasteiger partial charge >= 0.3 is 0 Å². The molecule has 0 saturated heterocycles. The first-order chi connectivity index (χ1) is 9.02. The van der Waals surface area contributed by atoms with Gasteiger partial charge in [0.1, 0.15) is 11.6 Å². The minimum Gasteiger partial charge on any atom is -0.496 e. The van der Waals surface area contributed by atoms with Gasteiger partial charge in [-0.25, -0.2) is 4.39 Å². The molecule has 1 nitrogen and oxygen atoms in total. The number of alkyl halides is 1. The highest BCUT2D eigenvalue weighted by Crippen LogP contribution is 2.39. The Morgan fingerprint density at radius 3 is 2.32 bits per heavy atom. The van der Waals surface area contributed by atoms with Crippen molar-refractivity contribution < 1.29 is 9.13 Å². The van der Waals surface area contributed by atoms with Gasteiger partial charge in [0.2, 0.25) is 0 Å². The minimum atomic E-state index is -0.378. The number of hydrogen-bond acceptors (Lipinski definition) is 1. The van der Waals surface area contributed by atoms with Crippen LogP contribution in [-0.4, -0.2) is 7.11 Å². The first kappa shape index (κ1) is 14.6. The van der Waals surface area contributed by atoms with E-state index in [4.69, 9.17) is 27.9 Å². The molecule has 0 aliphatic rings. The molecule has 0 aliphatic carbocycles. The fraction of sp³-hybridized carbons (Fsp3) is 0.143. The molecule has 0 spiro atoms. The molecule has 2 aromatic rings. The summed E-state index contributed by atoms with van der Waals surface area (Å²) < 4.78 is 19.2. The molecule has 0 amide bonds.